The van der Waals surface area contributed by atoms with E-state index in [1.165, 1.54) is 0 Å². The van der Waals surface area contributed by atoms with Crippen LogP contribution in [0.5, 0.6) is 0 Å². The Morgan fingerprint density at radius 3 is 2.23 bits per heavy atom. The van der Waals surface area contributed by atoms with Crippen LogP contribution in [0.1, 0.15) is 39.2 Å². The Kier molecular flexibility index (Phi) is 3.48. The Hall–Kier alpha value is -0.910. The average molecular weight is 324 g/mol. The van der Waals surface area contributed by atoms with Crippen molar-refractivity contribution in [3.05, 3.63) is 29.8 Å². The van der Waals surface area contributed by atoms with Gasteiger partial charge in [-0.05, 0) is 56.1 Å². The molecule has 3 aliphatic rings. The van der Waals surface area contributed by atoms with Crippen LogP contribution in [0.4, 0.5) is 0 Å². The third-order valence-electron chi connectivity index (χ3n) is 5.88. The molecule has 0 saturated heterocycles. The topological polar surface area (TPSA) is 63.6 Å². The fourth-order valence-electron chi connectivity index (χ4n) is 4.18. The lowest BCUT2D eigenvalue weighted by Gasteiger charge is -2.64. The smallest absolute Gasteiger partial charge is 0.297 e. The number of rotatable bonds is 3. The van der Waals surface area contributed by atoms with E-state index < -0.39 is 21.8 Å². The van der Waals surface area contributed by atoms with Crippen molar-refractivity contribution in [2.24, 2.45) is 17.3 Å². The number of fused-ring (bicyclic) bond motifs is 2. The molecule has 22 heavy (non-hydrogen) atoms. The minimum Gasteiger partial charge on any atom is -0.387 e. The molecule has 0 amide bonds. The molecule has 122 valence electrons. The van der Waals surface area contributed by atoms with Crippen LogP contribution in [0, 0.1) is 24.2 Å². The molecule has 4 nitrogen and oxygen atoms in total. The van der Waals surface area contributed by atoms with Gasteiger partial charge in [-0.2, -0.15) is 8.42 Å². The largest absolute Gasteiger partial charge is 0.387 e. The molecule has 1 N–H and O–H groups in total. The summed E-state index contributed by atoms with van der Waals surface area (Å²) < 4.78 is 30.3. The lowest BCUT2D eigenvalue weighted by Crippen LogP contribution is -2.67. The predicted molar refractivity (Wildman–Crippen MR) is 83.9 cm³/mol. The predicted octanol–water partition coefficient (Wildman–Crippen LogP) is 2.89. The summed E-state index contributed by atoms with van der Waals surface area (Å²) in [6.07, 6.45) is 0.863. The summed E-state index contributed by atoms with van der Waals surface area (Å²) >= 11 is 0. The molecule has 0 heterocycles. The second kappa shape index (κ2) is 4.79. The van der Waals surface area contributed by atoms with Gasteiger partial charge in [0.15, 0.2) is 0 Å². The lowest BCUT2D eigenvalue weighted by molar-refractivity contribution is -0.237. The molecule has 2 bridgehead atoms. The standard InChI is InChI=1S/C17H24O4S/c1-11-5-7-13(8-6-11)22(19,20)21-15-10-12-9-14(16(12,2)3)17(15,4)18/h5-8,12,14-15,18H,9-10H2,1-4H3/t12?,14?,15-,17+/m1/s1. The Morgan fingerprint density at radius 1 is 1.14 bits per heavy atom. The van der Waals surface area contributed by atoms with Crippen LogP contribution in [0.25, 0.3) is 0 Å². The van der Waals surface area contributed by atoms with Crippen molar-refractivity contribution in [3.8, 4) is 0 Å². The molecule has 3 fully saturated rings. The zero-order chi connectivity index (χ0) is 16.3. The average Bonchev–Trinajstić information content (AvgIpc) is 2.40. The molecule has 4 rings (SSSR count). The van der Waals surface area contributed by atoms with Crippen molar-refractivity contribution in [3.63, 3.8) is 0 Å². The molecule has 4 atom stereocenters. The highest BCUT2D eigenvalue weighted by Crippen LogP contribution is 2.63. The number of hydrogen-bond donors (Lipinski definition) is 1. The normalized spacial score (nSPS) is 36.7. The van der Waals surface area contributed by atoms with Crippen LogP contribution in [-0.4, -0.2) is 25.2 Å². The third kappa shape index (κ3) is 2.30. The zero-order valence-electron chi connectivity index (χ0n) is 13.5. The van der Waals surface area contributed by atoms with Gasteiger partial charge in [0.05, 0.1) is 10.5 Å². The minimum atomic E-state index is -3.85. The van der Waals surface area contributed by atoms with Crippen molar-refractivity contribution in [2.45, 2.75) is 57.1 Å². The summed E-state index contributed by atoms with van der Waals surface area (Å²) in [6, 6.07) is 6.59. The van der Waals surface area contributed by atoms with Gasteiger partial charge in [-0.3, -0.25) is 4.18 Å². The lowest BCUT2D eigenvalue weighted by atomic mass is 9.43. The molecule has 1 aromatic carbocycles. The fourth-order valence-corrected chi connectivity index (χ4v) is 5.34. The van der Waals surface area contributed by atoms with Crippen LogP contribution in [0.2, 0.25) is 0 Å². The van der Waals surface area contributed by atoms with Crippen LogP contribution < -0.4 is 0 Å². The second-order valence-corrected chi connectivity index (χ2v) is 9.19. The van der Waals surface area contributed by atoms with Crippen molar-refractivity contribution in [1.29, 1.82) is 0 Å². The van der Waals surface area contributed by atoms with Crippen molar-refractivity contribution in [2.75, 3.05) is 0 Å². The van der Waals surface area contributed by atoms with E-state index in [0.717, 1.165) is 12.0 Å². The van der Waals surface area contributed by atoms with E-state index in [1.54, 1.807) is 31.2 Å². The first-order chi connectivity index (χ1) is 10.0. The van der Waals surface area contributed by atoms with Gasteiger partial charge in [-0.1, -0.05) is 31.5 Å². The van der Waals surface area contributed by atoms with E-state index in [4.69, 9.17) is 4.18 Å². The van der Waals surface area contributed by atoms with Gasteiger partial charge in [0.2, 0.25) is 0 Å². The number of benzene rings is 1. The molecule has 5 heteroatoms. The molecule has 0 aliphatic heterocycles. The Balaban J connectivity index is 1.83. The van der Waals surface area contributed by atoms with Crippen molar-refractivity contribution in [1.82, 2.24) is 0 Å². The SMILES string of the molecule is Cc1ccc(S(=O)(=O)O[C@@H]2CC3CC(C3(C)C)[C@]2(C)O)cc1. The Labute approximate surface area is 132 Å². The Bertz CT molecular complexity index is 673. The molecule has 0 aromatic heterocycles. The monoisotopic (exact) mass is 324 g/mol. The van der Waals surface area contributed by atoms with E-state index in [-0.39, 0.29) is 16.2 Å². The first-order valence-corrected chi connectivity index (χ1v) is 9.18. The van der Waals surface area contributed by atoms with Gasteiger partial charge >= 0.3 is 0 Å². The number of aliphatic hydroxyl groups is 1. The van der Waals surface area contributed by atoms with Gasteiger partial charge < -0.3 is 5.11 Å². The molecule has 1 aromatic rings. The molecule has 2 unspecified atom stereocenters. The quantitative estimate of drug-likeness (QED) is 0.868. The minimum absolute atomic E-state index is 0.0526. The maximum atomic E-state index is 12.4. The first-order valence-electron chi connectivity index (χ1n) is 7.77. The maximum absolute atomic E-state index is 12.4. The van der Waals surface area contributed by atoms with Gasteiger partial charge in [0.1, 0.15) is 6.10 Å². The van der Waals surface area contributed by atoms with Crippen molar-refractivity contribution < 1.29 is 17.7 Å². The van der Waals surface area contributed by atoms with Gasteiger partial charge in [-0.15, -0.1) is 0 Å². The van der Waals surface area contributed by atoms with E-state index in [9.17, 15) is 13.5 Å². The molecule has 0 radical (unpaired) electrons. The highest BCUT2D eigenvalue weighted by Gasteiger charge is 2.64. The van der Waals surface area contributed by atoms with Gasteiger partial charge in [0, 0.05) is 0 Å². The molecular formula is C17H24O4S. The van der Waals surface area contributed by atoms with E-state index >= 15 is 0 Å². The molecule has 3 saturated carbocycles. The van der Waals surface area contributed by atoms with Crippen molar-refractivity contribution >= 4 is 10.1 Å². The fraction of sp³-hybridized carbons (Fsp3) is 0.647. The van der Waals surface area contributed by atoms with Crippen LogP contribution in [-0.2, 0) is 14.3 Å². The molecule has 3 aliphatic carbocycles. The van der Waals surface area contributed by atoms with Crippen LogP contribution >= 0.6 is 0 Å². The highest BCUT2D eigenvalue weighted by molar-refractivity contribution is 7.86. The highest BCUT2D eigenvalue weighted by atomic mass is 32.2. The van der Waals surface area contributed by atoms with Crippen LogP contribution in [0.15, 0.2) is 29.2 Å². The van der Waals surface area contributed by atoms with E-state index in [2.05, 4.69) is 13.8 Å². The number of hydrogen-bond acceptors (Lipinski definition) is 4. The Morgan fingerprint density at radius 2 is 1.73 bits per heavy atom. The van der Waals surface area contributed by atoms with Gasteiger partial charge in [-0.25, -0.2) is 0 Å². The van der Waals surface area contributed by atoms with E-state index in [0.29, 0.717) is 12.3 Å². The summed E-state index contributed by atoms with van der Waals surface area (Å²) in [5, 5.41) is 10.8. The summed E-state index contributed by atoms with van der Waals surface area (Å²) in [4.78, 5) is 0.146. The first kappa shape index (κ1) is 16.0. The summed E-state index contributed by atoms with van der Waals surface area (Å²) in [6.45, 7) is 7.90. The van der Waals surface area contributed by atoms with Gasteiger partial charge in [0.25, 0.3) is 10.1 Å². The third-order valence-corrected chi connectivity index (χ3v) is 7.21. The maximum Gasteiger partial charge on any atom is 0.297 e. The van der Waals surface area contributed by atoms with Crippen LogP contribution in [0.3, 0.4) is 0 Å². The zero-order valence-corrected chi connectivity index (χ0v) is 14.4. The summed E-state index contributed by atoms with van der Waals surface area (Å²) in [7, 11) is -3.85. The number of aryl methyl sites for hydroxylation is 1. The summed E-state index contributed by atoms with van der Waals surface area (Å²) in [5.41, 5.74) is -0.0703. The van der Waals surface area contributed by atoms with E-state index in [1.807, 2.05) is 6.92 Å². The summed E-state index contributed by atoms with van der Waals surface area (Å²) in [5.74, 6) is 0.493. The second-order valence-electron chi connectivity index (χ2n) is 7.62. The molecular weight excluding hydrogens is 300 g/mol. The molecule has 0 spiro atoms.